The summed E-state index contributed by atoms with van der Waals surface area (Å²) >= 11 is 0. The Labute approximate surface area is 134 Å². The van der Waals surface area contributed by atoms with E-state index in [0.29, 0.717) is 6.42 Å². The van der Waals surface area contributed by atoms with Gasteiger partial charge in [-0.1, -0.05) is 42.5 Å². The zero-order chi connectivity index (χ0) is 15.8. The van der Waals surface area contributed by atoms with Crippen molar-refractivity contribution in [3.8, 4) is 0 Å². The van der Waals surface area contributed by atoms with Crippen molar-refractivity contribution in [1.82, 2.24) is 16.2 Å². The minimum absolute atomic E-state index is 0.0106. The van der Waals surface area contributed by atoms with E-state index in [2.05, 4.69) is 28.3 Å². The molecule has 0 aliphatic carbocycles. The second kappa shape index (κ2) is 5.76. The van der Waals surface area contributed by atoms with Gasteiger partial charge in [-0.15, -0.1) is 0 Å². The number of amides is 1. The second-order valence-electron chi connectivity index (χ2n) is 6.17. The maximum Gasteiger partial charge on any atom is 0.221 e. The molecule has 0 radical (unpaired) electrons. The molecule has 4 nitrogen and oxygen atoms in total. The van der Waals surface area contributed by atoms with Gasteiger partial charge in [0.25, 0.3) is 0 Å². The summed E-state index contributed by atoms with van der Waals surface area (Å²) in [6.45, 7) is 0. The summed E-state index contributed by atoms with van der Waals surface area (Å²) in [6, 6.07) is 16.8. The number of nitrogens with one attached hydrogen (secondary N) is 3. The number of fused-ring (bicyclic) bond motifs is 1. The van der Waals surface area contributed by atoms with Crippen LogP contribution < -0.4 is 16.2 Å². The lowest BCUT2D eigenvalue weighted by Crippen LogP contribution is -2.52. The predicted octanol–water partition coefficient (Wildman–Crippen LogP) is 2.22. The van der Waals surface area contributed by atoms with Crippen LogP contribution in [0.25, 0.3) is 0 Å². The standard InChI is InChI=1S/C18H18FN3O/c19-13-8-4-7-12(9-13)14-10-15(23)20-18-16(14)17(21-22-18)11-5-2-1-3-6-11/h1-9,14,16-18,21-22H,10H2,(H,20,23). The third kappa shape index (κ3) is 2.62. The minimum Gasteiger partial charge on any atom is -0.339 e. The van der Waals surface area contributed by atoms with Crippen LogP contribution in [0, 0.1) is 11.7 Å². The van der Waals surface area contributed by atoms with Gasteiger partial charge in [-0.25, -0.2) is 15.2 Å². The van der Waals surface area contributed by atoms with Gasteiger partial charge < -0.3 is 5.32 Å². The molecule has 2 saturated heterocycles. The summed E-state index contributed by atoms with van der Waals surface area (Å²) in [5.74, 6) is -0.183. The third-order valence-corrected chi connectivity index (χ3v) is 4.79. The average Bonchev–Trinajstić information content (AvgIpc) is 2.98. The molecule has 5 heteroatoms. The van der Waals surface area contributed by atoms with Crippen molar-refractivity contribution in [3.63, 3.8) is 0 Å². The van der Waals surface area contributed by atoms with Gasteiger partial charge in [0.05, 0.1) is 12.2 Å². The number of carbonyl (C=O) groups excluding carboxylic acids is 1. The van der Waals surface area contributed by atoms with Gasteiger partial charge in [0.1, 0.15) is 5.82 Å². The van der Waals surface area contributed by atoms with Gasteiger partial charge in [-0.2, -0.15) is 0 Å². The molecule has 0 aromatic heterocycles. The van der Waals surface area contributed by atoms with E-state index in [1.165, 1.54) is 6.07 Å². The number of halogens is 1. The summed E-state index contributed by atoms with van der Waals surface area (Å²) in [6.07, 6.45) is 0.215. The van der Waals surface area contributed by atoms with Crippen LogP contribution in [-0.2, 0) is 4.79 Å². The molecule has 4 unspecified atom stereocenters. The molecule has 2 heterocycles. The molecule has 4 rings (SSSR count). The van der Waals surface area contributed by atoms with Crippen LogP contribution in [0.3, 0.4) is 0 Å². The Balaban J connectivity index is 1.73. The molecular formula is C18H18FN3O. The molecule has 2 aliphatic rings. The number of piperidine rings is 1. The first-order valence-corrected chi connectivity index (χ1v) is 7.83. The number of hydrazine groups is 1. The molecule has 3 N–H and O–H groups in total. The van der Waals surface area contributed by atoms with Crippen molar-refractivity contribution >= 4 is 5.91 Å². The average molecular weight is 311 g/mol. The number of rotatable bonds is 2. The lowest BCUT2D eigenvalue weighted by molar-refractivity contribution is -0.125. The van der Waals surface area contributed by atoms with Gasteiger partial charge >= 0.3 is 0 Å². The fourth-order valence-corrected chi connectivity index (χ4v) is 3.77. The molecule has 23 heavy (non-hydrogen) atoms. The van der Waals surface area contributed by atoms with Crippen LogP contribution in [0.15, 0.2) is 54.6 Å². The van der Waals surface area contributed by atoms with Gasteiger partial charge in [0, 0.05) is 18.3 Å². The largest absolute Gasteiger partial charge is 0.339 e. The lowest BCUT2D eigenvalue weighted by atomic mass is 9.74. The van der Waals surface area contributed by atoms with Gasteiger partial charge in [0.15, 0.2) is 0 Å². The SMILES string of the molecule is O=C1CC(c2cccc(F)c2)C2C(NNC2c2ccccc2)N1. The van der Waals surface area contributed by atoms with Crippen LogP contribution in [0.5, 0.6) is 0 Å². The molecule has 4 atom stereocenters. The highest BCUT2D eigenvalue weighted by atomic mass is 19.1. The highest BCUT2D eigenvalue weighted by molar-refractivity contribution is 5.78. The van der Waals surface area contributed by atoms with Crippen LogP contribution >= 0.6 is 0 Å². The molecule has 2 aromatic rings. The Bertz CT molecular complexity index is 721. The van der Waals surface area contributed by atoms with Gasteiger partial charge in [-0.3, -0.25) is 4.79 Å². The van der Waals surface area contributed by atoms with E-state index < -0.39 is 0 Å². The molecule has 2 aliphatic heterocycles. The maximum atomic E-state index is 13.7. The molecule has 1 amide bonds. The van der Waals surface area contributed by atoms with Crippen molar-refractivity contribution in [3.05, 3.63) is 71.5 Å². The smallest absolute Gasteiger partial charge is 0.221 e. The van der Waals surface area contributed by atoms with E-state index in [1.807, 2.05) is 24.3 Å². The van der Waals surface area contributed by atoms with E-state index in [1.54, 1.807) is 12.1 Å². The fraction of sp³-hybridized carbons (Fsp3) is 0.278. The summed E-state index contributed by atoms with van der Waals surface area (Å²) in [4.78, 5) is 12.0. The second-order valence-corrected chi connectivity index (χ2v) is 6.17. The van der Waals surface area contributed by atoms with E-state index in [0.717, 1.165) is 11.1 Å². The normalized spacial score (nSPS) is 29.9. The Hall–Kier alpha value is -2.24. The number of hydrogen-bond donors (Lipinski definition) is 3. The van der Waals surface area contributed by atoms with Crippen molar-refractivity contribution in [2.45, 2.75) is 24.5 Å². The van der Waals surface area contributed by atoms with Crippen LogP contribution in [0.1, 0.15) is 29.5 Å². The maximum absolute atomic E-state index is 13.7. The monoisotopic (exact) mass is 311 g/mol. The topological polar surface area (TPSA) is 53.2 Å². The zero-order valence-corrected chi connectivity index (χ0v) is 12.5. The minimum atomic E-state index is -0.264. The first-order chi connectivity index (χ1) is 11.2. The molecule has 0 saturated carbocycles. The number of carbonyl (C=O) groups is 1. The van der Waals surface area contributed by atoms with E-state index in [4.69, 9.17) is 0 Å². The number of hydrogen-bond acceptors (Lipinski definition) is 3. The summed E-state index contributed by atoms with van der Waals surface area (Å²) in [5, 5.41) is 2.99. The molecule has 2 aromatic carbocycles. The van der Waals surface area contributed by atoms with E-state index in [9.17, 15) is 9.18 Å². The van der Waals surface area contributed by atoms with Gasteiger partial charge in [0.2, 0.25) is 5.91 Å². The highest BCUT2D eigenvalue weighted by Gasteiger charge is 2.46. The van der Waals surface area contributed by atoms with Crippen molar-refractivity contribution < 1.29 is 9.18 Å². The first-order valence-electron chi connectivity index (χ1n) is 7.83. The highest BCUT2D eigenvalue weighted by Crippen LogP contribution is 2.42. The van der Waals surface area contributed by atoms with Gasteiger partial charge in [-0.05, 0) is 23.3 Å². The Morgan fingerprint density at radius 1 is 0.957 bits per heavy atom. The Morgan fingerprint density at radius 2 is 1.74 bits per heavy atom. The van der Waals surface area contributed by atoms with Crippen molar-refractivity contribution in [1.29, 1.82) is 0 Å². The molecule has 118 valence electrons. The molecular weight excluding hydrogens is 293 g/mol. The molecule has 0 bridgehead atoms. The van der Waals surface area contributed by atoms with Crippen LogP contribution in [0.4, 0.5) is 4.39 Å². The summed E-state index contributed by atoms with van der Waals surface area (Å²) < 4.78 is 13.7. The Kier molecular flexibility index (Phi) is 3.59. The third-order valence-electron chi connectivity index (χ3n) is 4.79. The van der Waals surface area contributed by atoms with Crippen LogP contribution in [0.2, 0.25) is 0 Å². The van der Waals surface area contributed by atoms with E-state index >= 15 is 0 Å². The fourth-order valence-electron chi connectivity index (χ4n) is 3.77. The number of benzene rings is 2. The Morgan fingerprint density at radius 3 is 2.52 bits per heavy atom. The summed E-state index contributed by atoms with van der Waals surface area (Å²) in [5.41, 5.74) is 8.50. The quantitative estimate of drug-likeness (QED) is 0.797. The molecule has 2 fully saturated rings. The lowest BCUT2D eigenvalue weighted by Gasteiger charge is -2.36. The van der Waals surface area contributed by atoms with E-state index in [-0.39, 0.29) is 35.8 Å². The molecule has 0 spiro atoms. The summed E-state index contributed by atoms with van der Waals surface area (Å²) in [7, 11) is 0. The van der Waals surface area contributed by atoms with Crippen LogP contribution in [-0.4, -0.2) is 12.1 Å². The van der Waals surface area contributed by atoms with Crippen molar-refractivity contribution in [2.24, 2.45) is 5.92 Å². The zero-order valence-electron chi connectivity index (χ0n) is 12.5. The van der Waals surface area contributed by atoms with Crippen molar-refractivity contribution in [2.75, 3.05) is 0 Å². The first kappa shape index (κ1) is 14.4. The predicted molar refractivity (Wildman–Crippen MR) is 84.6 cm³/mol.